The minimum atomic E-state index is -0.304. The topological polar surface area (TPSA) is 102 Å². The van der Waals surface area contributed by atoms with E-state index in [0.29, 0.717) is 11.4 Å². The molecule has 0 fully saturated rings. The molecule has 0 radical (unpaired) electrons. The summed E-state index contributed by atoms with van der Waals surface area (Å²) >= 11 is 0. The molecule has 0 aliphatic carbocycles. The average Bonchev–Trinajstić information content (AvgIpc) is 3.60. The Morgan fingerprint density at radius 2 is 0.776 bits per heavy atom. The summed E-state index contributed by atoms with van der Waals surface area (Å²) in [6, 6.07) is 23.4. The first kappa shape index (κ1) is 34.2. The molecule has 0 atom stereocenters. The Kier molecular flexibility index (Phi) is 8.37. The summed E-state index contributed by atoms with van der Waals surface area (Å²) in [7, 11) is 0. The molecule has 4 aromatic carbocycles. The Bertz CT molecular complexity index is 1940. The first-order valence-corrected chi connectivity index (χ1v) is 17.2. The van der Waals surface area contributed by atoms with Gasteiger partial charge in [-0.3, -0.25) is 0 Å². The molecule has 8 nitrogen and oxygen atoms in total. The van der Waals surface area contributed by atoms with Crippen LogP contribution in [0, 0.1) is 10.8 Å². The summed E-state index contributed by atoms with van der Waals surface area (Å²) in [4.78, 5) is 3.04. The molecule has 0 unspecified atom stereocenters. The van der Waals surface area contributed by atoms with Crippen LogP contribution in [-0.4, -0.2) is 40.2 Å². The van der Waals surface area contributed by atoms with Crippen molar-refractivity contribution in [2.24, 2.45) is 10.8 Å². The number of phenols is 2. The molecular formula is C41H50N6O2. The van der Waals surface area contributed by atoms with Crippen LogP contribution in [0.25, 0.3) is 33.4 Å². The summed E-state index contributed by atoms with van der Waals surface area (Å²) in [5, 5.41) is 43.5. The molecule has 6 rings (SSSR count). The predicted octanol–water partition coefficient (Wildman–Crippen LogP) is 9.58. The second kappa shape index (κ2) is 12.0. The SMILES string of the molecule is CC(C)(C)CC(C)(C)c1ccc(-n2nc3ccccc3n2)c(O)c1Cc1c(C(C)(C)CC(C)(C)C)ccc(-n2nc3ccccc3n2)c1O. The lowest BCUT2D eigenvalue weighted by Crippen LogP contribution is -2.28. The third-order valence-corrected chi connectivity index (χ3v) is 9.28. The van der Waals surface area contributed by atoms with E-state index >= 15 is 0 Å². The van der Waals surface area contributed by atoms with Crippen LogP contribution in [-0.2, 0) is 17.3 Å². The Morgan fingerprint density at radius 3 is 1.06 bits per heavy atom. The zero-order valence-corrected chi connectivity index (χ0v) is 30.6. The predicted molar refractivity (Wildman–Crippen MR) is 198 cm³/mol. The van der Waals surface area contributed by atoms with Gasteiger partial charge in [-0.25, -0.2) is 0 Å². The Balaban J connectivity index is 1.60. The molecular weight excluding hydrogens is 608 g/mol. The maximum Gasteiger partial charge on any atom is 0.146 e. The van der Waals surface area contributed by atoms with Crippen molar-refractivity contribution in [2.75, 3.05) is 0 Å². The third kappa shape index (κ3) is 6.91. The molecule has 2 aromatic heterocycles. The Hall–Kier alpha value is -4.72. The Morgan fingerprint density at radius 1 is 0.469 bits per heavy atom. The highest BCUT2D eigenvalue weighted by atomic mass is 16.3. The smallest absolute Gasteiger partial charge is 0.146 e. The first-order chi connectivity index (χ1) is 22.8. The molecule has 2 N–H and O–H groups in total. The van der Waals surface area contributed by atoms with Gasteiger partial charge in [-0.1, -0.05) is 106 Å². The van der Waals surface area contributed by atoms with E-state index in [0.717, 1.165) is 57.2 Å². The lowest BCUT2D eigenvalue weighted by molar-refractivity contribution is 0.281. The molecule has 2 heterocycles. The van der Waals surface area contributed by atoms with Crippen molar-refractivity contribution in [2.45, 2.75) is 99.3 Å². The summed E-state index contributed by atoms with van der Waals surface area (Å²) in [6.45, 7) is 22.4. The van der Waals surface area contributed by atoms with Crippen LogP contribution in [0.1, 0.15) is 104 Å². The Labute approximate surface area is 289 Å². The zero-order chi connectivity index (χ0) is 35.5. The van der Waals surface area contributed by atoms with Crippen LogP contribution in [0.3, 0.4) is 0 Å². The molecule has 0 saturated carbocycles. The second-order valence-electron chi connectivity index (χ2n) is 17.3. The van der Waals surface area contributed by atoms with Gasteiger partial charge in [0.25, 0.3) is 0 Å². The number of hydrogen-bond donors (Lipinski definition) is 2. The monoisotopic (exact) mass is 658 g/mol. The van der Waals surface area contributed by atoms with Gasteiger partial charge in [0.15, 0.2) is 0 Å². The summed E-state index contributed by atoms with van der Waals surface area (Å²) in [6.07, 6.45) is 2.05. The van der Waals surface area contributed by atoms with Gasteiger partial charge < -0.3 is 10.2 Å². The molecule has 0 aliphatic rings. The fraction of sp³-hybridized carbons (Fsp3) is 0.415. The third-order valence-electron chi connectivity index (χ3n) is 9.28. The second-order valence-corrected chi connectivity index (χ2v) is 17.3. The largest absolute Gasteiger partial charge is 0.505 e. The zero-order valence-electron chi connectivity index (χ0n) is 30.6. The van der Waals surface area contributed by atoms with Gasteiger partial charge in [-0.2, -0.15) is 0 Å². The number of rotatable bonds is 8. The van der Waals surface area contributed by atoms with Gasteiger partial charge >= 0.3 is 0 Å². The van der Waals surface area contributed by atoms with Crippen LogP contribution in [0.5, 0.6) is 11.5 Å². The molecule has 0 spiro atoms. The van der Waals surface area contributed by atoms with E-state index in [1.165, 1.54) is 9.59 Å². The molecule has 49 heavy (non-hydrogen) atoms. The van der Waals surface area contributed by atoms with E-state index in [4.69, 9.17) is 20.4 Å². The van der Waals surface area contributed by atoms with Crippen LogP contribution in [0.4, 0.5) is 0 Å². The van der Waals surface area contributed by atoms with Crippen molar-refractivity contribution in [3.05, 3.63) is 95.1 Å². The van der Waals surface area contributed by atoms with Gasteiger partial charge in [0, 0.05) is 17.5 Å². The van der Waals surface area contributed by atoms with Crippen molar-refractivity contribution < 1.29 is 10.2 Å². The van der Waals surface area contributed by atoms with E-state index < -0.39 is 0 Å². The lowest BCUT2D eigenvalue weighted by atomic mass is 9.68. The van der Waals surface area contributed by atoms with Crippen molar-refractivity contribution in [1.29, 1.82) is 0 Å². The average molecular weight is 659 g/mol. The van der Waals surface area contributed by atoms with Crippen molar-refractivity contribution in [3.8, 4) is 22.9 Å². The van der Waals surface area contributed by atoms with E-state index in [-0.39, 0.29) is 39.6 Å². The highest BCUT2D eigenvalue weighted by Gasteiger charge is 2.35. The van der Waals surface area contributed by atoms with E-state index in [2.05, 4.69) is 81.4 Å². The molecule has 8 heteroatoms. The number of fused-ring (bicyclic) bond motifs is 2. The molecule has 256 valence electrons. The standard InChI is InChI=1S/C41H50N6O2/c1-38(2,3)24-40(7,8)28-19-21-34(46-42-30-15-11-12-16-31(30)43-46)36(48)26(28)23-27-29(41(9,10)25-39(4,5)6)20-22-35(37(27)49)47-44-32-17-13-14-18-33(32)45-47/h11-22,48-49H,23-25H2,1-10H3. The molecule has 0 aliphatic heterocycles. The molecule has 0 saturated heterocycles. The van der Waals surface area contributed by atoms with Crippen molar-refractivity contribution in [3.63, 3.8) is 0 Å². The highest BCUT2D eigenvalue weighted by molar-refractivity contribution is 5.75. The maximum atomic E-state index is 12.3. The van der Waals surface area contributed by atoms with Gasteiger partial charge in [0.1, 0.15) is 44.9 Å². The first-order valence-electron chi connectivity index (χ1n) is 17.2. The van der Waals surface area contributed by atoms with Gasteiger partial charge in [0.2, 0.25) is 0 Å². The summed E-state index contributed by atoms with van der Waals surface area (Å²) in [5.74, 6) is 0.208. The number of benzene rings is 4. The number of aromatic hydroxyl groups is 2. The number of phenolic OH excluding ortho intramolecular Hbond substituents is 2. The quantitative estimate of drug-likeness (QED) is 0.169. The van der Waals surface area contributed by atoms with E-state index in [1.54, 1.807) is 0 Å². The van der Waals surface area contributed by atoms with E-state index in [9.17, 15) is 10.2 Å². The van der Waals surface area contributed by atoms with Crippen LogP contribution >= 0.6 is 0 Å². The highest BCUT2D eigenvalue weighted by Crippen LogP contribution is 2.46. The molecule has 0 bridgehead atoms. The van der Waals surface area contributed by atoms with E-state index in [1.807, 2.05) is 60.7 Å². The summed E-state index contributed by atoms with van der Waals surface area (Å²) < 4.78 is 0. The number of hydrogen-bond acceptors (Lipinski definition) is 6. The van der Waals surface area contributed by atoms with Crippen molar-refractivity contribution >= 4 is 22.1 Å². The van der Waals surface area contributed by atoms with Crippen LogP contribution < -0.4 is 0 Å². The fourth-order valence-corrected chi connectivity index (χ4v) is 8.15. The van der Waals surface area contributed by atoms with Gasteiger partial charge in [-0.15, -0.1) is 30.0 Å². The molecule has 0 amide bonds. The fourth-order valence-electron chi connectivity index (χ4n) is 8.15. The summed E-state index contributed by atoms with van der Waals surface area (Å²) in [5.41, 5.74) is 6.96. The maximum absolute atomic E-state index is 12.3. The minimum absolute atomic E-state index is 0.0337. The van der Waals surface area contributed by atoms with Gasteiger partial charge in [-0.05, 0) is 82.0 Å². The van der Waals surface area contributed by atoms with Crippen LogP contribution in [0.2, 0.25) is 0 Å². The number of nitrogens with zero attached hydrogens (tertiary/aromatic N) is 6. The molecule has 6 aromatic rings. The van der Waals surface area contributed by atoms with Crippen LogP contribution in [0.15, 0.2) is 72.8 Å². The number of aromatic nitrogens is 6. The van der Waals surface area contributed by atoms with Crippen molar-refractivity contribution in [1.82, 2.24) is 30.0 Å². The minimum Gasteiger partial charge on any atom is -0.505 e. The lowest BCUT2D eigenvalue weighted by Gasteiger charge is -2.36. The van der Waals surface area contributed by atoms with Gasteiger partial charge in [0.05, 0.1) is 0 Å². The normalized spacial score (nSPS) is 13.1.